The molecule has 2 aliphatic heterocycles. The topological polar surface area (TPSA) is 87.4 Å². The van der Waals surface area contributed by atoms with E-state index in [0.29, 0.717) is 36.7 Å². The fourth-order valence-corrected chi connectivity index (χ4v) is 4.56. The van der Waals surface area contributed by atoms with Gasteiger partial charge in [-0.3, -0.25) is 0 Å². The van der Waals surface area contributed by atoms with Gasteiger partial charge in [0.25, 0.3) is 0 Å². The summed E-state index contributed by atoms with van der Waals surface area (Å²) >= 11 is 0. The molecule has 0 amide bonds. The van der Waals surface area contributed by atoms with Crippen LogP contribution in [0.5, 0.6) is 5.88 Å². The third kappa shape index (κ3) is 3.65. The number of nitriles is 1. The predicted molar refractivity (Wildman–Crippen MR) is 112 cm³/mol. The molecule has 1 saturated carbocycles. The van der Waals surface area contributed by atoms with Gasteiger partial charge in [0, 0.05) is 43.2 Å². The summed E-state index contributed by atoms with van der Waals surface area (Å²) < 4.78 is 10.8. The normalized spacial score (nSPS) is 19.1. The molecule has 0 bridgehead atoms. The Bertz CT molecular complexity index is 963. The van der Waals surface area contributed by atoms with Crippen molar-refractivity contribution in [2.75, 3.05) is 36.6 Å². The van der Waals surface area contributed by atoms with Crippen LogP contribution < -0.4 is 14.5 Å². The Balaban J connectivity index is 1.34. The highest BCUT2D eigenvalue weighted by molar-refractivity contribution is 5.57. The highest BCUT2D eigenvalue weighted by Crippen LogP contribution is 2.37. The fraction of sp³-hybridized carbons (Fsp3) is 0.545. The largest absolute Gasteiger partial charge is 0.481 e. The Labute approximate surface area is 176 Å². The van der Waals surface area contributed by atoms with Crippen molar-refractivity contribution in [3.05, 3.63) is 35.3 Å². The van der Waals surface area contributed by atoms with Crippen molar-refractivity contribution in [1.29, 1.82) is 5.26 Å². The first-order valence-corrected chi connectivity index (χ1v) is 10.7. The molecule has 0 spiro atoms. The number of fused-ring (bicyclic) bond motifs is 1. The van der Waals surface area contributed by atoms with E-state index in [9.17, 15) is 5.26 Å². The van der Waals surface area contributed by atoms with Gasteiger partial charge >= 0.3 is 0 Å². The summed E-state index contributed by atoms with van der Waals surface area (Å²) in [6, 6.07) is 7.22. The molecular formula is C22H26N6O2. The summed E-state index contributed by atoms with van der Waals surface area (Å²) in [6.07, 6.45) is 6.83. The molecule has 0 radical (unpaired) electrons. The van der Waals surface area contributed by atoms with E-state index in [1.54, 1.807) is 13.4 Å². The number of piperidine rings is 1. The number of pyridine rings is 1. The van der Waals surface area contributed by atoms with Crippen LogP contribution in [-0.2, 0) is 17.8 Å². The van der Waals surface area contributed by atoms with Crippen molar-refractivity contribution in [3.8, 4) is 11.9 Å². The molecule has 0 unspecified atom stereocenters. The lowest BCUT2D eigenvalue weighted by Crippen LogP contribution is -2.47. The number of ether oxygens (including phenoxy) is 2. The van der Waals surface area contributed by atoms with E-state index in [0.717, 1.165) is 55.2 Å². The van der Waals surface area contributed by atoms with Crippen LogP contribution in [0.4, 0.5) is 11.6 Å². The van der Waals surface area contributed by atoms with Crippen molar-refractivity contribution in [1.82, 2.24) is 15.0 Å². The molecule has 0 N–H and O–H groups in total. The molecule has 4 heterocycles. The second kappa shape index (κ2) is 8.07. The van der Waals surface area contributed by atoms with Crippen molar-refractivity contribution in [3.63, 3.8) is 0 Å². The molecule has 0 atom stereocenters. The summed E-state index contributed by atoms with van der Waals surface area (Å²) in [5, 5.41) is 9.68. The number of aromatic nitrogens is 3. The summed E-state index contributed by atoms with van der Waals surface area (Å²) in [7, 11) is 1.64. The second-order valence-corrected chi connectivity index (χ2v) is 8.15. The Morgan fingerprint density at radius 3 is 2.70 bits per heavy atom. The molecule has 1 saturated heterocycles. The molecule has 2 fully saturated rings. The van der Waals surface area contributed by atoms with E-state index in [1.165, 1.54) is 12.8 Å². The lowest BCUT2D eigenvalue weighted by Gasteiger charge is -2.40. The summed E-state index contributed by atoms with van der Waals surface area (Å²) in [5.41, 5.74) is 2.77. The SMILES string of the molecule is COc1cc(N(C2CC2)C2CCN(c3nc4c(cc3C#N)COCC4)CC2)ncn1. The predicted octanol–water partition coefficient (Wildman–Crippen LogP) is 2.46. The minimum absolute atomic E-state index is 0.421. The summed E-state index contributed by atoms with van der Waals surface area (Å²) in [5.74, 6) is 2.38. The van der Waals surface area contributed by atoms with Gasteiger partial charge in [0.1, 0.15) is 24.0 Å². The van der Waals surface area contributed by atoms with Crippen LogP contribution >= 0.6 is 0 Å². The van der Waals surface area contributed by atoms with Crippen molar-refractivity contribution < 1.29 is 9.47 Å². The second-order valence-electron chi connectivity index (χ2n) is 8.15. The van der Waals surface area contributed by atoms with Crippen LogP contribution in [0.3, 0.4) is 0 Å². The van der Waals surface area contributed by atoms with Gasteiger partial charge in [-0.1, -0.05) is 0 Å². The third-order valence-corrected chi connectivity index (χ3v) is 6.23. The molecule has 156 valence electrons. The van der Waals surface area contributed by atoms with Crippen LogP contribution in [0.25, 0.3) is 0 Å². The number of rotatable bonds is 5. The minimum atomic E-state index is 0.421. The van der Waals surface area contributed by atoms with Gasteiger partial charge in [0.2, 0.25) is 5.88 Å². The van der Waals surface area contributed by atoms with E-state index in [4.69, 9.17) is 14.5 Å². The van der Waals surface area contributed by atoms with Gasteiger partial charge in [-0.25, -0.2) is 15.0 Å². The lowest BCUT2D eigenvalue weighted by molar-refractivity contribution is 0.109. The zero-order valence-corrected chi connectivity index (χ0v) is 17.3. The smallest absolute Gasteiger partial charge is 0.218 e. The molecule has 30 heavy (non-hydrogen) atoms. The Morgan fingerprint density at radius 1 is 1.17 bits per heavy atom. The third-order valence-electron chi connectivity index (χ3n) is 6.23. The van der Waals surface area contributed by atoms with Crippen LogP contribution in [0.2, 0.25) is 0 Å². The minimum Gasteiger partial charge on any atom is -0.481 e. The molecule has 1 aliphatic carbocycles. The summed E-state index contributed by atoms with van der Waals surface area (Å²) in [4.78, 5) is 18.3. The van der Waals surface area contributed by atoms with Crippen LogP contribution in [0.15, 0.2) is 18.5 Å². The van der Waals surface area contributed by atoms with Gasteiger partial charge in [-0.15, -0.1) is 0 Å². The Morgan fingerprint density at radius 2 is 1.97 bits per heavy atom. The molecule has 8 nitrogen and oxygen atoms in total. The van der Waals surface area contributed by atoms with E-state index in [1.807, 2.05) is 12.1 Å². The highest BCUT2D eigenvalue weighted by atomic mass is 16.5. The maximum absolute atomic E-state index is 9.68. The monoisotopic (exact) mass is 406 g/mol. The number of anilines is 2. The van der Waals surface area contributed by atoms with Gasteiger partial charge in [0.05, 0.1) is 31.6 Å². The Hall–Kier alpha value is -2.92. The quantitative estimate of drug-likeness (QED) is 0.748. The fourth-order valence-electron chi connectivity index (χ4n) is 4.56. The molecule has 8 heteroatoms. The number of methoxy groups -OCH3 is 1. The highest BCUT2D eigenvalue weighted by Gasteiger charge is 2.37. The molecule has 3 aliphatic rings. The molecule has 2 aromatic heterocycles. The standard InChI is InChI=1S/C22H26N6O2/c1-29-21-11-20(24-14-25-21)28(17-2-3-17)18-4-7-27(8-5-18)22-15(12-23)10-16-13-30-9-6-19(16)26-22/h10-11,14,17-18H,2-9,13H2,1H3. The molecule has 0 aromatic carbocycles. The van der Waals surface area contributed by atoms with Gasteiger partial charge in [-0.2, -0.15) is 5.26 Å². The van der Waals surface area contributed by atoms with Gasteiger partial charge < -0.3 is 19.3 Å². The first kappa shape index (κ1) is 19.1. The molecular weight excluding hydrogens is 380 g/mol. The van der Waals surface area contributed by atoms with E-state index in [-0.39, 0.29) is 0 Å². The zero-order chi connectivity index (χ0) is 20.5. The maximum atomic E-state index is 9.68. The summed E-state index contributed by atoms with van der Waals surface area (Å²) in [6.45, 7) is 3.02. The number of nitrogens with zero attached hydrogens (tertiary/aromatic N) is 6. The van der Waals surface area contributed by atoms with Crippen molar-refractivity contribution in [2.45, 2.75) is 50.8 Å². The first-order valence-electron chi connectivity index (χ1n) is 10.7. The van der Waals surface area contributed by atoms with Crippen LogP contribution in [0, 0.1) is 11.3 Å². The van der Waals surface area contributed by atoms with E-state index >= 15 is 0 Å². The zero-order valence-electron chi connectivity index (χ0n) is 17.3. The van der Waals surface area contributed by atoms with E-state index in [2.05, 4.69) is 25.8 Å². The van der Waals surface area contributed by atoms with Crippen LogP contribution in [-0.4, -0.2) is 53.8 Å². The maximum Gasteiger partial charge on any atom is 0.218 e. The van der Waals surface area contributed by atoms with E-state index < -0.39 is 0 Å². The average Bonchev–Trinajstić information content (AvgIpc) is 3.64. The average molecular weight is 406 g/mol. The van der Waals surface area contributed by atoms with Crippen LogP contribution in [0.1, 0.15) is 42.5 Å². The van der Waals surface area contributed by atoms with Gasteiger partial charge in [0.15, 0.2) is 0 Å². The lowest BCUT2D eigenvalue weighted by atomic mass is 10.0. The number of hydrogen-bond acceptors (Lipinski definition) is 8. The first-order chi connectivity index (χ1) is 14.8. The van der Waals surface area contributed by atoms with Crippen molar-refractivity contribution >= 4 is 11.6 Å². The molecule has 5 rings (SSSR count). The Kier molecular flexibility index (Phi) is 5.13. The number of hydrogen-bond donors (Lipinski definition) is 0. The molecule has 2 aromatic rings. The van der Waals surface area contributed by atoms with Crippen molar-refractivity contribution in [2.24, 2.45) is 0 Å². The van der Waals surface area contributed by atoms with Gasteiger partial charge in [-0.05, 0) is 31.7 Å².